The van der Waals surface area contributed by atoms with E-state index in [2.05, 4.69) is 76.7 Å². The van der Waals surface area contributed by atoms with Crippen LogP contribution in [0.1, 0.15) is 70.1 Å². The van der Waals surface area contributed by atoms with Gasteiger partial charge in [-0.2, -0.15) is 0 Å². The number of nitrogens with zero attached hydrogens (tertiary/aromatic N) is 3. The van der Waals surface area contributed by atoms with Crippen LogP contribution in [-0.4, -0.2) is 14.9 Å². The lowest BCUT2D eigenvalue weighted by atomic mass is 10.0. The van der Waals surface area contributed by atoms with Crippen LogP contribution in [0.3, 0.4) is 0 Å². The summed E-state index contributed by atoms with van der Waals surface area (Å²) in [6, 6.07) is 24.5. The van der Waals surface area contributed by atoms with Gasteiger partial charge in [0.15, 0.2) is 0 Å². The van der Waals surface area contributed by atoms with Crippen molar-refractivity contribution in [3.8, 4) is 0 Å². The average Bonchev–Trinajstić information content (AvgIpc) is 3.27. The van der Waals surface area contributed by atoms with Crippen LogP contribution in [0.5, 0.6) is 0 Å². The molecule has 5 heteroatoms. The van der Waals surface area contributed by atoms with Crippen LogP contribution in [0, 0.1) is 0 Å². The fourth-order valence-corrected chi connectivity index (χ4v) is 6.10. The maximum atomic E-state index is 4.91. The van der Waals surface area contributed by atoms with Gasteiger partial charge in [-0.15, -0.1) is 11.3 Å². The van der Waals surface area contributed by atoms with Crippen LogP contribution >= 0.6 is 11.3 Å². The Morgan fingerprint density at radius 2 is 1.67 bits per heavy atom. The number of hydrogen-bond acceptors (Lipinski definition) is 5. The third-order valence-electron chi connectivity index (χ3n) is 7.05. The topological polar surface area (TPSA) is 41.0 Å². The fourth-order valence-electron chi connectivity index (χ4n) is 5.12. The maximum absolute atomic E-state index is 4.91. The van der Waals surface area contributed by atoms with Gasteiger partial charge in [-0.25, -0.2) is 0 Å². The molecule has 0 bridgehead atoms. The Morgan fingerprint density at radius 3 is 2.47 bits per heavy atom. The smallest absolute Gasteiger partial charge is 0.0607 e. The van der Waals surface area contributed by atoms with Gasteiger partial charge in [0.05, 0.1) is 17.4 Å². The molecule has 0 aliphatic heterocycles. The summed E-state index contributed by atoms with van der Waals surface area (Å²) < 4.78 is 0. The molecule has 1 unspecified atom stereocenters. The van der Waals surface area contributed by atoms with Gasteiger partial charge in [-0.1, -0.05) is 49.7 Å². The molecule has 1 atom stereocenters. The number of aryl methyl sites for hydroxylation is 2. The van der Waals surface area contributed by atoms with Gasteiger partial charge in [0.25, 0.3) is 0 Å². The molecule has 4 nitrogen and oxygen atoms in total. The second-order valence-electron chi connectivity index (χ2n) is 9.68. The first-order chi connectivity index (χ1) is 17.8. The summed E-state index contributed by atoms with van der Waals surface area (Å²) in [5.41, 5.74) is 6.45. The molecular formula is C31H36N4S. The molecule has 1 aliphatic carbocycles. The third-order valence-corrected chi connectivity index (χ3v) is 8.27. The van der Waals surface area contributed by atoms with E-state index in [9.17, 15) is 0 Å². The van der Waals surface area contributed by atoms with Crippen molar-refractivity contribution in [1.29, 1.82) is 0 Å². The normalized spacial score (nSPS) is 15.6. The Hall–Kier alpha value is -2.86. The van der Waals surface area contributed by atoms with Gasteiger partial charge in [-0.05, 0) is 72.7 Å². The Balaban J connectivity index is 1.31. The Labute approximate surface area is 219 Å². The van der Waals surface area contributed by atoms with E-state index >= 15 is 0 Å². The monoisotopic (exact) mass is 496 g/mol. The molecule has 36 heavy (non-hydrogen) atoms. The number of fused-ring (bicyclic) bond motifs is 1. The summed E-state index contributed by atoms with van der Waals surface area (Å²) in [6.45, 7) is 5.77. The highest BCUT2D eigenvalue weighted by Crippen LogP contribution is 2.35. The predicted octanol–water partition coefficient (Wildman–Crippen LogP) is 6.86. The van der Waals surface area contributed by atoms with Crippen molar-refractivity contribution < 1.29 is 0 Å². The summed E-state index contributed by atoms with van der Waals surface area (Å²) >= 11 is 1.96. The van der Waals surface area contributed by atoms with Gasteiger partial charge in [0, 0.05) is 48.3 Å². The first-order valence-electron chi connectivity index (χ1n) is 13.2. The average molecular weight is 497 g/mol. The number of thiophene rings is 1. The van der Waals surface area contributed by atoms with E-state index in [4.69, 9.17) is 4.98 Å². The largest absolute Gasteiger partial charge is 0.307 e. The maximum Gasteiger partial charge on any atom is 0.0607 e. The molecule has 0 radical (unpaired) electrons. The van der Waals surface area contributed by atoms with Crippen LogP contribution in [0.4, 0.5) is 0 Å². The molecule has 0 spiro atoms. The minimum atomic E-state index is 0.357. The van der Waals surface area contributed by atoms with Gasteiger partial charge in [0.1, 0.15) is 0 Å². The van der Waals surface area contributed by atoms with Crippen molar-refractivity contribution in [2.45, 2.75) is 71.2 Å². The van der Waals surface area contributed by atoms with Crippen molar-refractivity contribution in [2.75, 3.05) is 0 Å². The molecule has 3 aromatic heterocycles. The zero-order valence-corrected chi connectivity index (χ0v) is 22.0. The summed E-state index contributed by atoms with van der Waals surface area (Å²) in [5, 5.41) is 3.51. The number of benzene rings is 1. The van der Waals surface area contributed by atoms with Crippen LogP contribution < -0.4 is 5.32 Å². The molecule has 0 amide bonds. The van der Waals surface area contributed by atoms with E-state index in [0.717, 1.165) is 44.7 Å². The first-order valence-corrected chi connectivity index (χ1v) is 14.0. The number of nitrogens with one attached hydrogen (secondary N) is 1. The minimum absolute atomic E-state index is 0.357. The molecule has 5 rings (SSSR count). The van der Waals surface area contributed by atoms with Gasteiger partial charge in [0.2, 0.25) is 0 Å². The molecular weight excluding hydrogens is 460 g/mol. The summed E-state index contributed by atoms with van der Waals surface area (Å²) in [6.07, 6.45) is 9.75. The van der Waals surface area contributed by atoms with Crippen molar-refractivity contribution in [1.82, 2.24) is 20.2 Å². The van der Waals surface area contributed by atoms with E-state index in [1.807, 2.05) is 35.9 Å². The summed E-state index contributed by atoms with van der Waals surface area (Å²) in [5.74, 6) is 0. The highest BCUT2D eigenvalue weighted by atomic mass is 32.1. The van der Waals surface area contributed by atoms with E-state index < -0.39 is 0 Å². The first kappa shape index (κ1) is 24.8. The highest BCUT2D eigenvalue weighted by molar-refractivity contribution is 7.11. The Morgan fingerprint density at radius 1 is 0.833 bits per heavy atom. The summed E-state index contributed by atoms with van der Waals surface area (Å²) in [7, 11) is 0. The zero-order valence-electron chi connectivity index (χ0n) is 21.2. The van der Waals surface area contributed by atoms with Crippen LogP contribution in [-0.2, 0) is 39.0 Å². The zero-order chi connectivity index (χ0) is 24.6. The Kier molecular flexibility index (Phi) is 8.55. The molecule has 1 N–H and O–H groups in total. The molecule has 186 valence electrons. The minimum Gasteiger partial charge on any atom is -0.307 e. The fraction of sp³-hybridized carbons (Fsp3) is 0.355. The van der Waals surface area contributed by atoms with Crippen LogP contribution in [0.15, 0.2) is 79.1 Å². The predicted molar refractivity (Wildman–Crippen MR) is 149 cm³/mol. The molecule has 1 aliphatic rings. The number of rotatable bonds is 10. The van der Waals surface area contributed by atoms with E-state index in [1.54, 1.807) is 0 Å². The van der Waals surface area contributed by atoms with Gasteiger partial charge < -0.3 is 5.32 Å². The second kappa shape index (κ2) is 12.4. The van der Waals surface area contributed by atoms with Crippen molar-refractivity contribution in [2.24, 2.45) is 0 Å². The van der Waals surface area contributed by atoms with E-state index in [-0.39, 0.29) is 0 Å². The van der Waals surface area contributed by atoms with Gasteiger partial charge >= 0.3 is 0 Å². The van der Waals surface area contributed by atoms with Crippen molar-refractivity contribution in [3.63, 3.8) is 0 Å². The molecule has 4 aromatic rings. The molecule has 0 fully saturated rings. The van der Waals surface area contributed by atoms with Crippen LogP contribution in [0.2, 0.25) is 0 Å². The van der Waals surface area contributed by atoms with E-state index in [1.165, 1.54) is 51.4 Å². The molecule has 3 heterocycles. The quantitative estimate of drug-likeness (QED) is 0.244. The van der Waals surface area contributed by atoms with E-state index in [0.29, 0.717) is 6.04 Å². The van der Waals surface area contributed by atoms with Crippen molar-refractivity contribution >= 4 is 11.3 Å². The Bertz CT molecular complexity index is 1220. The lowest BCUT2D eigenvalue weighted by Gasteiger charge is -2.31. The number of hydrogen-bond donors (Lipinski definition) is 1. The number of pyridine rings is 2. The lowest BCUT2D eigenvalue weighted by molar-refractivity contribution is 0.166. The summed E-state index contributed by atoms with van der Waals surface area (Å²) in [4.78, 5) is 14.9. The lowest BCUT2D eigenvalue weighted by Crippen LogP contribution is -2.29. The highest BCUT2D eigenvalue weighted by Gasteiger charge is 2.26. The van der Waals surface area contributed by atoms with Gasteiger partial charge in [-0.3, -0.25) is 14.9 Å². The molecule has 0 saturated heterocycles. The second-order valence-corrected chi connectivity index (χ2v) is 10.9. The molecule has 0 saturated carbocycles. The third kappa shape index (κ3) is 6.47. The van der Waals surface area contributed by atoms with Crippen LogP contribution in [0.25, 0.3) is 0 Å². The van der Waals surface area contributed by atoms with Crippen molar-refractivity contribution in [3.05, 3.63) is 117 Å². The SMILES string of the molecule is CCc1ccc(CN(Cc2ccc(CNCc3ccccn3)cc2)C2CCCCc3cccnc32)s1. The number of aromatic nitrogens is 2. The standard InChI is InChI=1S/C31H36N4S/c1-2-28-16-17-29(36-28)23-35(30-11-4-3-8-26-9-7-19-34-31(26)30)22-25-14-12-24(13-15-25)20-32-21-27-10-5-6-18-33-27/h5-7,9-10,12-19,30,32H,2-4,8,11,20-23H2,1H3. The molecule has 1 aromatic carbocycles.